The number of aliphatic carboxylic acids is 1. The molecule has 1 amide bonds. The summed E-state index contributed by atoms with van der Waals surface area (Å²) >= 11 is 11.6. The van der Waals surface area contributed by atoms with E-state index in [0.29, 0.717) is 5.95 Å². The van der Waals surface area contributed by atoms with Gasteiger partial charge in [-0.05, 0) is 59.1 Å². The van der Waals surface area contributed by atoms with E-state index in [-0.39, 0.29) is 52.0 Å². The number of rotatable bonds is 5. The van der Waals surface area contributed by atoms with Crippen LogP contribution in [0.15, 0.2) is 36.4 Å². The van der Waals surface area contributed by atoms with Crippen molar-refractivity contribution in [1.29, 1.82) is 0 Å². The third-order valence-corrected chi connectivity index (χ3v) is 8.62. The number of hydrogen-bond donors (Lipinski definition) is 3. The highest BCUT2D eigenvalue weighted by molar-refractivity contribution is 6.31. The molecule has 10 heteroatoms. The van der Waals surface area contributed by atoms with Gasteiger partial charge in [0.1, 0.15) is 11.6 Å². The summed E-state index contributed by atoms with van der Waals surface area (Å²) in [6.45, 7) is 11.5. The number of aromatic amines is 1. The molecule has 0 aliphatic heterocycles. The predicted octanol–water partition coefficient (Wildman–Crippen LogP) is 8.32. The molecule has 0 saturated heterocycles. The highest BCUT2D eigenvalue weighted by Crippen LogP contribution is 2.70. The van der Waals surface area contributed by atoms with Crippen molar-refractivity contribution in [3.05, 3.63) is 80.6 Å². The number of aryl methyl sites for hydroxylation is 1. The van der Waals surface area contributed by atoms with E-state index in [0.717, 1.165) is 22.5 Å². The normalized spacial score (nSPS) is 23.2. The van der Waals surface area contributed by atoms with Crippen LogP contribution in [-0.2, 0) is 9.59 Å². The maximum absolute atomic E-state index is 13.4. The van der Waals surface area contributed by atoms with Crippen molar-refractivity contribution in [2.45, 2.75) is 66.7 Å². The summed E-state index contributed by atoms with van der Waals surface area (Å²) in [7, 11) is 0. The molecule has 1 heterocycles. The molecule has 40 heavy (non-hydrogen) atoms. The van der Waals surface area contributed by atoms with Crippen molar-refractivity contribution in [2.24, 2.45) is 16.7 Å². The number of imidazole rings is 1. The molecular formula is C30H35Cl2F2N3O3. The number of nitrogens with one attached hydrogen (secondary N) is 2. The van der Waals surface area contributed by atoms with Gasteiger partial charge in [-0.15, -0.1) is 0 Å². The van der Waals surface area contributed by atoms with Crippen molar-refractivity contribution in [1.82, 2.24) is 9.97 Å². The maximum Gasteiger partial charge on any atom is 0.307 e. The van der Waals surface area contributed by atoms with E-state index in [1.165, 1.54) is 25.1 Å². The van der Waals surface area contributed by atoms with E-state index < -0.39 is 23.5 Å². The molecule has 2 aliphatic rings. The van der Waals surface area contributed by atoms with Gasteiger partial charge in [0, 0.05) is 24.5 Å². The summed E-state index contributed by atoms with van der Waals surface area (Å²) in [5.41, 5.74) is 3.38. The molecule has 2 fully saturated rings. The number of aromatic nitrogens is 2. The van der Waals surface area contributed by atoms with Gasteiger partial charge in [-0.25, -0.2) is 13.8 Å². The molecule has 0 bridgehead atoms. The van der Waals surface area contributed by atoms with Crippen LogP contribution in [0, 0.1) is 35.3 Å². The van der Waals surface area contributed by atoms with Crippen LogP contribution in [0.1, 0.15) is 82.3 Å². The summed E-state index contributed by atoms with van der Waals surface area (Å²) in [4.78, 5) is 29.8. The Hall–Kier alpha value is -2.97. The molecule has 2 saturated carbocycles. The van der Waals surface area contributed by atoms with Gasteiger partial charge < -0.3 is 10.1 Å². The average Bonchev–Trinajstić information content (AvgIpc) is 3.54. The molecule has 0 radical (unpaired) electrons. The van der Waals surface area contributed by atoms with Gasteiger partial charge in [0.15, 0.2) is 0 Å². The minimum atomic E-state index is -0.810. The molecular weight excluding hydrogens is 559 g/mol. The molecule has 4 atom stereocenters. The first kappa shape index (κ1) is 31.6. The van der Waals surface area contributed by atoms with Gasteiger partial charge >= 0.3 is 5.97 Å². The molecule has 0 unspecified atom stereocenters. The molecule has 2 aromatic carbocycles. The summed E-state index contributed by atoms with van der Waals surface area (Å²) in [6, 6.07) is 9.29. The predicted molar refractivity (Wildman–Crippen MR) is 154 cm³/mol. The Morgan fingerprint density at radius 2 is 1.43 bits per heavy atom. The van der Waals surface area contributed by atoms with Crippen LogP contribution in [-0.4, -0.2) is 27.0 Å². The quantitative estimate of drug-likeness (QED) is 0.277. The number of anilines is 1. The van der Waals surface area contributed by atoms with E-state index in [4.69, 9.17) is 28.3 Å². The van der Waals surface area contributed by atoms with Crippen LogP contribution in [0.5, 0.6) is 0 Å². The standard InChI is InChI=1S/C17H19ClFN3O.C12H12ClFO2.CH4/c1-8-15(22-16(20-8)21-9(2)23)14-13(17(14,3)4)10-5-6-12(19)11(18)7-10;1-12(2)9(10(12)11(15)16)6-3-4-8(14)7(13)5-6;/h5-7,13-14H,1-4H3,(H2,20,21,22,23);3-5,9-10H,1-2H3,(H,15,16);1H4/t13-,14+;9-,10+;/m11./s1. The van der Waals surface area contributed by atoms with Crippen LogP contribution in [0.3, 0.4) is 0 Å². The lowest BCUT2D eigenvalue weighted by molar-refractivity contribution is -0.139. The Morgan fingerprint density at radius 3 is 1.85 bits per heavy atom. The van der Waals surface area contributed by atoms with Gasteiger partial charge in [-0.1, -0.05) is 70.5 Å². The number of benzene rings is 2. The first-order chi connectivity index (χ1) is 18.1. The largest absolute Gasteiger partial charge is 0.481 e. The number of carboxylic acid groups (broad SMARTS) is 1. The van der Waals surface area contributed by atoms with Gasteiger partial charge in [-0.2, -0.15) is 0 Å². The van der Waals surface area contributed by atoms with E-state index in [1.54, 1.807) is 18.2 Å². The summed E-state index contributed by atoms with van der Waals surface area (Å²) in [6.07, 6.45) is 0. The Morgan fingerprint density at radius 1 is 0.925 bits per heavy atom. The topological polar surface area (TPSA) is 95.1 Å². The first-order valence-electron chi connectivity index (χ1n) is 12.5. The number of carbonyl (C=O) groups is 2. The number of halogens is 4. The Kier molecular flexibility index (Phi) is 8.78. The smallest absolute Gasteiger partial charge is 0.307 e. The number of amides is 1. The molecule has 2 aliphatic carbocycles. The zero-order valence-corrected chi connectivity index (χ0v) is 24.0. The van der Waals surface area contributed by atoms with Crippen molar-refractivity contribution < 1.29 is 23.5 Å². The summed E-state index contributed by atoms with van der Waals surface area (Å²) < 4.78 is 26.4. The van der Waals surface area contributed by atoms with Crippen molar-refractivity contribution in [3.63, 3.8) is 0 Å². The van der Waals surface area contributed by atoms with Crippen LogP contribution in [0.4, 0.5) is 14.7 Å². The van der Waals surface area contributed by atoms with E-state index >= 15 is 0 Å². The molecule has 6 nitrogen and oxygen atoms in total. The van der Waals surface area contributed by atoms with Crippen molar-refractivity contribution >= 4 is 41.0 Å². The SMILES string of the molecule is C.CC(=O)Nc1nc([C@@H]2[C@@H](c3ccc(F)c(Cl)c3)C2(C)C)c(C)[nH]1.CC1(C)[C@H](C(=O)O)[C@H]1c1ccc(F)c(Cl)c1. The minimum Gasteiger partial charge on any atom is -0.481 e. The Balaban J connectivity index is 0.000000229. The summed E-state index contributed by atoms with van der Waals surface area (Å²) in [5, 5.41) is 11.9. The van der Waals surface area contributed by atoms with Crippen LogP contribution in [0.2, 0.25) is 10.0 Å². The molecule has 1 aromatic heterocycles. The number of nitrogens with zero attached hydrogens (tertiary/aromatic N) is 1. The lowest BCUT2D eigenvalue weighted by atomic mass is 10.0. The third-order valence-electron chi connectivity index (χ3n) is 8.04. The van der Waals surface area contributed by atoms with E-state index in [1.807, 2.05) is 20.8 Å². The molecule has 3 aromatic rings. The second-order valence-electron chi connectivity index (χ2n) is 11.5. The Labute approximate surface area is 243 Å². The van der Waals surface area contributed by atoms with Crippen molar-refractivity contribution in [2.75, 3.05) is 5.32 Å². The number of carbonyl (C=O) groups excluding carboxylic acids is 1. The highest BCUT2D eigenvalue weighted by Gasteiger charge is 2.63. The second kappa shape index (κ2) is 11.1. The average molecular weight is 595 g/mol. The number of hydrogen-bond acceptors (Lipinski definition) is 3. The van der Waals surface area contributed by atoms with E-state index in [2.05, 4.69) is 29.1 Å². The van der Waals surface area contributed by atoms with Gasteiger partial charge in [0.2, 0.25) is 11.9 Å². The highest BCUT2D eigenvalue weighted by atomic mass is 35.5. The molecule has 3 N–H and O–H groups in total. The van der Waals surface area contributed by atoms with Gasteiger partial charge in [0.25, 0.3) is 0 Å². The molecule has 216 valence electrons. The maximum atomic E-state index is 13.4. The zero-order valence-electron chi connectivity index (χ0n) is 22.5. The lowest BCUT2D eigenvalue weighted by Crippen LogP contribution is -2.07. The fraction of sp³-hybridized carbons (Fsp3) is 0.433. The van der Waals surface area contributed by atoms with E-state index in [9.17, 15) is 18.4 Å². The third kappa shape index (κ3) is 5.88. The zero-order chi connectivity index (χ0) is 29.0. The van der Waals surface area contributed by atoms with Gasteiger partial charge in [0.05, 0.1) is 21.7 Å². The van der Waals surface area contributed by atoms with Crippen LogP contribution in [0.25, 0.3) is 0 Å². The number of carboxylic acids is 1. The molecule has 5 rings (SSSR count). The monoisotopic (exact) mass is 593 g/mol. The summed E-state index contributed by atoms with van der Waals surface area (Å²) in [5.74, 6) is -1.47. The molecule has 0 spiro atoms. The first-order valence-corrected chi connectivity index (χ1v) is 13.3. The fourth-order valence-corrected chi connectivity index (χ4v) is 6.28. The number of H-pyrrole nitrogens is 1. The van der Waals surface area contributed by atoms with Crippen LogP contribution >= 0.6 is 23.2 Å². The van der Waals surface area contributed by atoms with Crippen molar-refractivity contribution in [3.8, 4) is 0 Å². The van der Waals surface area contributed by atoms with Crippen LogP contribution < -0.4 is 5.32 Å². The second-order valence-corrected chi connectivity index (χ2v) is 12.3. The fourth-order valence-electron chi connectivity index (χ4n) is 5.91. The lowest BCUT2D eigenvalue weighted by Gasteiger charge is -2.03. The Bertz CT molecular complexity index is 1450. The van der Waals surface area contributed by atoms with Gasteiger partial charge in [-0.3, -0.25) is 14.9 Å². The minimum absolute atomic E-state index is 0.